The number of nitrogens with zero attached hydrogens (tertiary/aromatic N) is 8. The van der Waals surface area contributed by atoms with Crippen LogP contribution in [0.15, 0.2) is 42.6 Å². The molecule has 6 heterocycles. The molecule has 5 aromatic rings. The van der Waals surface area contributed by atoms with E-state index in [1.54, 1.807) is 43.1 Å². The first-order valence-electron chi connectivity index (χ1n) is 31.5. The Kier molecular flexibility index (Phi) is 19.3. The first-order chi connectivity index (χ1) is 41.5. The SMILES string of the molecule is COCOc1cc(-c2ncc3c(N4CCC[C@@](C)(O)C4)nc(OC[C@H](C)CN4CCN(CC5CCC6(CC5)CCN(C(=O)c5cc(N7CCC(=O)NC7=O)c(C)cc5F)CC6)CC4)nc3c2F)c2c(C#C[Si](C(C)C)(C(C)C)C(C)C)c(F)ccc2c1. The quantitative estimate of drug-likeness (QED) is 0.0514. The lowest BCUT2D eigenvalue weighted by Crippen LogP contribution is -2.50. The number of anilines is 2. The summed E-state index contributed by atoms with van der Waals surface area (Å²) in [6, 6.07) is 8.71. The molecule has 2 atom stereocenters. The number of aryl methyl sites for hydroxylation is 1. The van der Waals surface area contributed by atoms with Gasteiger partial charge in [0.1, 0.15) is 42.5 Å². The molecule has 2 aromatic heterocycles. The summed E-state index contributed by atoms with van der Waals surface area (Å²) in [7, 11) is -0.819. The van der Waals surface area contributed by atoms with Crippen LogP contribution in [0, 0.1) is 53.1 Å². The molecule has 16 nitrogen and oxygen atoms in total. The number of piperazine rings is 1. The maximum absolute atomic E-state index is 17.9. The van der Waals surface area contributed by atoms with E-state index in [0.29, 0.717) is 99.6 Å². The van der Waals surface area contributed by atoms with Crippen LogP contribution in [-0.2, 0) is 9.53 Å². The number of hydrogen-bond acceptors (Lipinski definition) is 13. The van der Waals surface area contributed by atoms with Crippen molar-refractivity contribution in [2.75, 3.05) is 102 Å². The van der Waals surface area contributed by atoms with Gasteiger partial charge in [0.15, 0.2) is 12.6 Å². The number of benzene rings is 3. The van der Waals surface area contributed by atoms with E-state index in [4.69, 9.17) is 29.2 Å². The van der Waals surface area contributed by atoms with Crippen molar-refractivity contribution < 1.29 is 46.9 Å². The van der Waals surface area contributed by atoms with Crippen molar-refractivity contribution in [1.29, 1.82) is 0 Å². The monoisotopic (exact) mass is 1220 g/mol. The number of likely N-dealkylation sites (tertiary alicyclic amines) is 1. The van der Waals surface area contributed by atoms with Gasteiger partial charge in [0.2, 0.25) is 5.91 Å². The normalized spacial score (nSPS) is 20.4. The van der Waals surface area contributed by atoms with E-state index in [1.807, 2.05) is 4.90 Å². The minimum atomic E-state index is -2.34. The second kappa shape index (κ2) is 26.4. The van der Waals surface area contributed by atoms with Crippen LogP contribution in [0.4, 0.5) is 29.5 Å². The molecular formula is C67H88F3N9O7Si. The number of aromatic nitrogens is 3. The Morgan fingerprint density at radius 1 is 0.851 bits per heavy atom. The maximum atomic E-state index is 17.9. The summed E-state index contributed by atoms with van der Waals surface area (Å²) in [5, 5.41) is 15.0. The van der Waals surface area contributed by atoms with Gasteiger partial charge in [-0.15, -0.1) is 5.54 Å². The van der Waals surface area contributed by atoms with Crippen molar-refractivity contribution >= 4 is 59.1 Å². The second-order valence-electron chi connectivity index (χ2n) is 26.9. The molecule has 4 amide bonds. The fraction of sp³-hybridized carbons (Fsp3) is 0.582. The molecule has 0 unspecified atom stereocenters. The highest BCUT2D eigenvalue weighted by Gasteiger charge is 2.43. The third kappa shape index (κ3) is 13.6. The van der Waals surface area contributed by atoms with E-state index in [-0.39, 0.29) is 84.4 Å². The van der Waals surface area contributed by atoms with Crippen molar-refractivity contribution in [2.45, 2.75) is 142 Å². The number of ether oxygens (including phenoxy) is 3. The van der Waals surface area contributed by atoms with E-state index in [2.05, 4.69) is 75.0 Å². The van der Waals surface area contributed by atoms with E-state index in [9.17, 15) is 19.5 Å². The Morgan fingerprint density at radius 2 is 1.55 bits per heavy atom. The number of aliphatic hydroxyl groups is 1. The Labute approximate surface area is 511 Å². The van der Waals surface area contributed by atoms with Gasteiger partial charge in [-0.3, -0.25) is 24.8 Å². The van der Waals surface area contributed by atoms with Gasteiger partial charge < -0.3 is 38.9 Å². The molecule has 1 aliphatic carbocycles. The zero-order valence-corrected chi connectivity index (χ0v) is 53.6. The molecule has 0 radical (unpaired) electrons. The zero-order chi connectivity index (χ0) is 62.1. The number of urea groups is 1. The first-order valence-corrected chi connectivity index (χ1v) is 33.7. The van der Waals surface area contributed by atoms with Crippen LogP contribution >= 0.6 is 0 Å². The lowest BCUT2D eigenvalue weighted by Gasteiger charge is -2.47. The van der Waals surface area contributed by atoms with Crippen molar-refractivity contribution in [1.82, 2.24) is 35.0 Å². The Hall–Kier alpha value is -6.37. The minimum Gasteiger partial charge on any atom is -0.468 e. The number of imide groups is 1. The Morgan fingerprint density at radius 3 is 2.22 bits per heavy atom. The van der Waals surface area contributed by atoms with Crippen molar-refractivity contribution in [3.05, 3.63) is 76.7 Å². The number of β-amino-alcohol motifs (C(OH)–C–C–N with tert-alkyl or cyclic N) is 1. The number of nitrogens with one attached hydrogen (secondary N) is 1. The highest BCUT2D eigenvalue weighted by Crippen LogP contribution is 2.48. The number of piperidine rings is 2. The molecule has 1 spiro atoms. The highest BCUT2D eigenvalue weighted by molar-refractivity contribution is 6.90. The van der Waals surface area contributed by atoms with Gasteiger partial charge in [-0.2, -0.15) is 9.97 Å². The number of rotatable bonds is 17. The minimum absolute atomic E-state index is 0.00893. The van der Waals surface area contributed by atoms with Gasteiger partial charge in [0.25, 0.3) is 5.91 Å². The van der Waals surface area contributed by atoms with Gasteiger partial charge in [0, 0.05) is 114 Å². The lowest BCUT2D eigenvalue weighted by molar-refractivity contribution is -0.120. The van der Waals surface area contributed by atoms with Crippen molar-refractivity contribution in [2.24, 2.45) is 17.3 Å². The molecule has 0 bridgehead atoms. The molecule has 20 heteroatoms. The fourth-order valence-electron chi connectivity index (χ4n) is 14.9. The Bertz CT molecular complexity index is 3420. The van der Waals surface area contributed by atoms with Crippen LogP contribution in [0.1, 0.15) is 135 Å². The average Bonchev–Trinajstić information content (AvgIpc) is 1.23. The van der Waals surface area contributed by atoms with Gasteiger partial charge >= 0.3 is 12.0 Å². The second-order valence-corrected chi connectivity index (χ2v) is 32.4. The summed E-state index contributed by atoms with van der Waals surface area (Å²) in [6.45, 7) is 26.8. The molecule has 10 rings (SSSR count). The number of halogens is 3. The number of carbonyl (C=O) groups is 3. The molecule has 4 aliphatic heterocycles. The summed E-state index contributed by atoms with van der Waals surface area (Å²) in [5.41, 5.74) is 5.07. The van der Waals surface area contributed by atoms with Gasteiger partial charge in [-0.25, -0.2) is 18.0 Å². The van der Waals surface area contributed by atoms with E-state index in [1.165, 1.54) is 30.2 Å². The number of fused-ring (bicyclic) bond motifs is 2. The van der Waals surface area contributed by atoms with Crippen LogP contribution in [0.5, 0.6) is 11.8 Å². The van der Waals surface area contributed by atoms with E-state index < -0.39 is 37.2 Å². The third-order valence-corrected chi connectivity index (χ3v) is 26.0. The summed E-state index contributed by atoms with van der Waals surface area (Å²) in [5.74, 6) is 2.25. The largest absolute Gasteiger partial charge is 0.468 e. The first kappa shape index (κ1) is 63.6. The maximum Gasteiger partial charge on any atom is 0.328 e. The number of hydrogen-bond donors (Lipinski definition) is 2. The average molecular weight is 1220 g/mol. The van der Waals surface area contributed by atoms with Gasteiger partial charge in [0.05, 0.1) is 28.7 Å². The highest BCUT2D eigenvalue weighted by atomic mass is 28.3. The van der Waals surface area contributed by atoms with Gasteiger partial charge in [-0.05, 0) is 134 Å². The molecule has 1 saturated carbocycles. The molecule has 3 aromatic carbocycles. The van der Waals surface area contributed by atoms with E-state index >= 15 is 13.2 Å². The van der Waals surface area contributed by atoms with Crippen LogP contribution < -0.4 is 24.6 Å². The Balaban J connectivity index is 0.792. The van der Waals surface area contributed by atoms with Crippen LogP contribution in [-0.4, -0.2) is 159 Å². The van der Waals surface area contributed by atoms with Crippen molar-refractivity contribution in [3.63, 3.8) is 0 Å². The number of pyridine rings is 1. The summed E-state index contributed by atoms with van der Waals surface area (Å²) < 4.78 is 67.4. The van der Waals surface area contributed by atoms with Crippen LogP contribution in [0.2, 0.25) is 16.6 Å². The molecule has 87 heavy (non-hydrogen) atoms. The van der Waals surface area contributed by atoms with Crippen LogP contribution in [0.3, 0.4) is 0 Å². The van der Waals surface area contributed by atoms with Crippen molar-refractivity contribution in [3.8, 4) is 34.5 Å². The lowest BCUT2D eigenvalue weighted by atomic mass is 9.65. The predicted molar refractivity (Wildman–Crippen MR) is 336 cm³/mol. The zero-order valence-electron chi connectivity index (χ0n) is 52.6. The molecule has 4 saturated heterocycles. The predicted octanol–water partition coefficient (Wildman–Crippen LogP) is 11.7. The van der Waals surface area contributed by atoms with Crippen LogP contribution in [0.25, 0.3) is 32.9 Å². The number of carbonyl (C=O) groups excluding carboxylic acids is 3. The molecule has 5 aliphatic rings. The summed E-state index contributed by atoms with van der Waals surface area (Å²) in [4.78, 5) is 62.8. The summed E-state index contributed by atoms with van der Waals surface area (Å²) in [6.07, 6.45) is 9.26. The topological polar surface area (TPSA) is 166 Å². The molecule has 2 N–H and O–H groups in total. The third-order valence-electron chi connectivity index (χ3n) is 19.7. The molecular weight excluding hydrogens is 1130 g/mol. The van der Waals surface area contributed by atoms with E-state index in [0.717, 1.165) is 77.8 Å². The standard InChI is InChI=1S/C67H88F3N9O7Si/c1-42(2)87(43(3)4,44(5)6)31-17-50-54(68)13-12-48-33-49(86-41-84-10)34-52(58(48)50)60-59(70)61-53(36-71-60)62(78-23-11-18-66(9,83)40-78)74-64(73-61)85-39-45(7)37-75-27-29-76(30-28-75)38-47-14-19-67(20-15-47)21-25-77(26-22-67)63(81)51-35-56(46(8)32-55(51)69)79-24-16-57(80)72-65(79)82/h12-13,32-36,42-45,47,83H,11,14-16,18-30,37-41H2,1-10H3,(H,72,80,82)/t45-,66-/m1/s1. The summed E-state index contributed by atoms with van der Waals surface area (Å²) >= 11 is 0. The smallest absolute Gasteiger partial charge is 0.328 e. The number of methoxy groups -OCH3 is 1. The number of amides is 4. The van der Waals surface area contributed by atoms with Gasteiger partial charge in [-0.1, -0.05) is 60.5 Å². The molecule has 468 valence electrons. The molecule has 5 fully saturated rings. The fourth-order valence-corrected chi connectivity index (χ4v) is 20.1.